The summed E-state index contributed by atoms with van der Waals surface area (Å²) < 4.78 is 0. The molecule has 1 fully saturated rings. The molecule has 1 heterocycles. The minimum atomic E-state index is -0.538. The zero-order valence-corrected chi connectivity index (χ0v) is 15.6. The molecule has 3 aliphatic rings. The highest BCUT2D eigenvalue weighted by Crippen LogP contribution is 2.58. The largest absolute Gasteiger partial charge is 0.396 e. The number of halogens is 3. The molecule has 8 heteroatoms. The molecule has 2 atom stereocenters. The Morgan fingerprint density at radius 2 is 2.12 bits per heavy atom. The van der Waals surface area contributed by atoms with E-state index >= 15 is 0 Å². The van der Waals surface area contributed by atoms with Crippen molar-refractivity contribution in [3.8, 4) is 0 Å². The molecule has 5 nitrogen and oxygen atoms in total. The average molecular weight is 389 g/mol. The minimum Gasteiger partial charge on any atom is -0.396 e. The number of carbonyl (C=O) groups is 1. The first-order chi connectivity index (χ1) is 11.2. The van der Waals surface area contributed by atoms with Gasteiger partial charge in [0.2, 0.25) is 0 Å². The van der Waals surface area contributed by atoms with E-state index in [1.807, 2.05) is 0 Å². The Balaban J connectivity index is 1.72. The fraction of sp³-hybridized carbons (Fsp3) is 0.438. The number of nitrogens with one attached hydrogen (secondary N) is 2. The van der Waals surface area contributed by atoms with Crippen molar-refractivity contribution in [2.45, 2.75) is 26.7 Å². The second-order valence-electron chi connectivity index (χ2n) is 6.80. The van der Waals surface area contributed by atoms with Gasteiger partial charge in [0.15, 0.2) is 0 Å². The number of fused-ring (bicyclic) bond motifs is 1. The number of nitrogens with zero attached hydrogens (tertiary/aromatic N) is 1. The van der Waals surface area contributed by atoms with Crippen molar-refractivity contribution < 1.29 is 9.78 Å². The van der Waals surface area contributed by atoms with Crippen LogP contribution in [-0.2, 0) is 0 Å². The van der Waals surface area contributed by atoms with Crippen LogP contribution in [0.2, 0.25) is 15.2 Å². The van der Waals surface area contributed by atoms with E-state index in [2.05, 4.69) is 35.4 Å². The Morgan fingerprint density at radius 3 is 2.75 bits per heavy atom. The SMILES string of the molecule is CC1(C)[C@@H]2CC=C(/C=N/NC(=O)c3[nH+]c(Cl)c(Cl)c(N)c3Cl)[C@H]1C2. The lowest BCUT2D eigenvalue weighted by atomic mass is 9.49. The molecule has 1 amide bonds. The highest BCUT2D eigenvalue weighted by molar-refractivity contribution is 6.45. The van der Waals surface area contributed by atoms with E-state index in [-0.39, 0.29) is 26.6 Å². The van der Waals surface area contributed by atoms with Crippen LogP contribution in [0.1, 0.15) is 37.2 Å². The predicted molar refractivity (Wildman–Crippen MR) is 96.5 cm³/mol. The second kappa shape index (κ2) is 6.21. The normalized spacial score (nSPS) is 24.5. The summed E-state index contributed by atoms with van der Waals surface area (Å²) in [6, 6.07) is 0. The van der Waals surface area contributed by atoms with Crippen molar-refractivity contribution in [1.82, 2.24) is 5.43 Å². The Kier molecular flexibility index (Phi) is 4.53. The van der Waals surface area contributed by atoms with Crippen molar-refractivity contribution >= 4 is 52.6 Å². The van der Waals surface area contributed by atoms with Gasteiger partial charge in [0.1, 0.15) is 10.0 Å². The number of aromatic nitrogens is 1. The van der Waals surface area contributed by atoms with E-state index in [4.69, 9.17) is 40.5 Å². The summed E-state index contributed by atoms with van der Waals surface area (Å²) in [5.41, 5.74) is 9.69. The number of anilines is 1. The number of carbonyl (C=O) groups excluding carboxylic acids is 1. The number of aromatic amines is 1. The standard InChI is InChI=1S/C16H17Cl3N4O/c1-16(2)8-4-3-7(9(16)5-8)6-21-23-15(24)13-10(17)12(20)11(18)14(19)22-13/h3,6,8-9H,4-5H2,1-2H3,(H2,20,22)(H,23,24)/p+1/b21-6+/t8-,9-/m1/s1. The summed E-state index contributed by atoms with van der Waals surface area (Å²) in [5, 5.41) is 4.18. The second-order valence-corrected chi connectivity index (χ2v) is 7.94. The van der Waals surface area contributed by atoms with E-state index < -0.39 is 5.91 Å². The third-order valence-electron chi connectivity index (χ3n) is 5.24. The van der Waals surface area contributed by atoms with Crippen molar-refractivity contribution in [3.63, 3.8) is 0 Å². The maximum Gasteiger partial charge on any atom is 0.337 e. The van der Waals surface area contributed by atoms with Gasteiger partial charge in [-0.25, -0.2) is 5.43 Å². The summed E-state index contributed by atoms with van der Waals surface area (Å²) in [5.74, 6) is 0.707. The molecule has 1 aromatic heterocycles. The Morgan fingerprint density at radius 1 is 1.42 bits per heavy atom. The fourth-order valence-electron chi connectivity index (χ4n) is 3.49. The number of rotatable bonds is 3. The molecule has 3 aliphatic carbocycles. The summed E-state index contributed by atoms with van der Waals surface area (Å²) >= 11 is 17.8. The topological polar surface area (TPSA) is 81.6 Å². The highest BCUT2D eigenvalue weighted by atomic mass is 35.5. The van der Waals surface area contributed by atoms with Gasteiger partial charge in [0.25, 0.3) is 10.8 Å². The van der Waals surface area contributed by atoms with Gasteiger partial charge in [0, 0.05) is 0 Å². The number of allylic oxidation sites excluding steroid dienone is 2. The smallest absolute Gasteiger partial charge is 0.337 e. The monoisotopic (exact) mass is 387 g/mol. The van der Waals surface area contributed by atoms with E-state index in [0.29, 0.717) is 11.3 Å². The lowest BCUT2D eigenvalue weighted by molar-refractivity contribution is -0.379. The highest BCUT2D eigenvalue weighted by Gasteiger charge is 2.50. The predicted octanol–water partition coefficient (Wildman–Crippen LogP) is 3.75. The van der Waals surface area contributed by atoms with Gasteiger partial charge in [-0.05, 0) is 47.3 Å². The Hall–Kier alpha value is -1.30. The molecule has 2 bridgehead atoms. The summed E-state index contributed by atoms with van der Waals surface area (Å²) in [7, 11) is 0. The van der Waals surface area contributed by atoms with Gasteiger partial charge >= 0.3 is 5.91 Å². The van der Waals surface area contributed by atoms with E-state index in [9.17, 15) is 4.79 Å². The number of hydrazone groups is 1. The van der Waals surface area contributed by atoms with E-state index in [1.165, 1.54) is 6.42 Å². The molecule has 1 saturated carbocycles. The zero-order chi connectivity index (χ0) is 17.6. The maximum absolute atomic E-state index is 12.2. The van der Waals surface area contributed by atoms with Crippen molar-refractivity contribution in [2.24, 2.45) is 22.4 Å². The van der Waals surface area contributed by atoms with Crippen LogP contribution in [-0.4, -0.2) is 12.1 Å². The van der Waals surface area contributed by atoms with Gasteiger partial charge in [-0.2, -0.15) is 10.1 Å². The number of amides is 1. The molecule has 0 aliphatic heterocycles. The molecule has 0 saturated heterocycles. The minimum absolute atomic E-state index is 0.0111. The quantitative estimate of drug-likeness (QED) is 0.469. The van der Waals surface area contributed by atoms with E-state index in [1.54, 1.807) is 6.21 Å². The molecule has 0 aromatic carbocycles. The lowest BCUT2D eigenvalue weighted by Crippen LogP contribution is -2.48. The third kappa shape index (κ3) is 2.79. The molecular formula is C16H18Cl3N4O+. The van der Waals surface area contributed by atoms with Crippen LogP contribution in [0, 0.1) is 17.3 Å². The fourth-order valence-corrected chi connectivity index (χ4v) is 4.11. The maximum atomic E-state index is 12.2. The molecule has 128 valence electrons. The van der Waals surface area contributed by atoms with Crippen LogP contribution in [0.25, 0.3) is 0 Å². The molecule has 4 N–H and O–H groups in total. The molecule has 0 radical (unpaired) electrons. The van der Waals surface area contributed by atoms with Gasteiger partial charge in [-0.1, -0.05) is 43.1 Å². The van der Waals surface area contributed by atoms with Gasteiger partial charge < -0.3 is 5.73 Å². The van der Waals surface area contributed by atoms with Crippen LogP contribution >= 0.6 is 34.8 Å². The first-order valence-electron chi connectivity index (χ1n) is 7.62. The lowest BCUT2D eigenvalue weighted by Gasteiger charge is -2.55. The van der Waals surface area contributed by atoms with Crippen LogP contribution < -0.4 is 16.1 Å². The first-order valence-corrected chi connectivity index (χ1v) is 8.75. The number of nitrogens with two attached hydrogens (primary N) is 1. The van der Waals surface area contributed by atoms with Crippen molar-refractivity contribution in [2.75, 3.05) is 5.73 Å². The zero-order valence-electron chi connectivity index (χ0n) is 13.3. The third-order valence-corrected chi connectivity index (χ3v) is 6.40. The number of hydrogen-bond donors (Lipinski definition) is 2. The van der Waals surface area contributed by atoms with Gasteiger partial charge in [0.05, 0.1) is 11.9 Å². The number of H-pyrrole nitrogens is 1. The summed E-state index contributed by atoms with van der Waals surface area (Å²) in [4.78, 5) is 14.8. The molecular weight excluding hydrogens is 371 g/mol. The Labute approximate surface area is 155 Å². The molecule has 4 rings (SSSR count). The van der Waals surface area contributed by atoms with Crippen molar-refractivity contribution in [1.29, 1.82) is 0 Å². The number of hydrogen-bond acceptors (Lipinski definition) is 3. The van der Waals surface area contributed by atoms with Gasteiger partial charge in [-0.15, -0.1) is 0 Å². The molecule has 1 aromatic rings. The number of nitrogen functional groups attached to an aromatic ring is 1. The Bertz CT molecular complexity index is 773. The average Bonchev–Trinajstić information content (AvgIpc) is 2.56. The molecule has 0 unspecified atom stereocenters. The number of pyridine rings is 1. The molecule has 24 heavy (non-hydrogen) atoms. The summed E-state index contributed by atoms with van der Waals surface area (Å²) in [6.07, 6.45) is 6.13. The molecule has 0 spiro atoms. The van der Waals surface area contributed by atoms with Crippen molar-refractivity contribution in [3.05, 3.63) is 32.5 Å². The first kappa shape index (κ1) is 17.5. The van der Waals surface area contributed by atoms with Crippen LogP contribution in [0.3, 0.4) is 0 Å². The van der Waals surface area contributed by atoms with Gasteiger partial charge in [-0.3, -0.25) is 4.79 Å². The van der Waals surface area contributed by atoms with Crippen LogP contribution in [0.5, 0.6) is 0 Å². The van der Waals surface area contributed by atoms with Crippen LogP contribution in [0.4, 0.5) is 5.69 Å². The van der Waals surface area contributed by atoms with Crippen LogP contribution in [0.15, 0.2) is 16.8 Å². The van der Waals surface area contributed by atoms with E-state index in [0.717, 1.165) is 17.9 Å². The summed E-state index contributed by atoms with van der Waals surface area (Å²) in [6.45, 7) is 4.55.